The van der Waals surface area contributed by atoms with Crippen molar-refractivity contribution in [1.82, 2.24) is 15.2 Å². The van der Waals surface area contributed by atoms with Gasteiger partial charge in [-0.3, -0.25) is 24.8 Å². The highest BCUT2D eigenvalue weighted by atomic mass is 16.2. The van der Waals surface area contributed by atoms with E-state index in [0.29, 0.717) is 24.6 Å². The van der Waals surface area contributed by atoms with Gasteiger partial charge in [0, 0.05) is 24.3 Å². The van der Waals surface area contributed by atoms with Crippen LogP contribution in [0.4, 0.5) is 5.69 Å². The Labute approximate surface area is 189 Å². The van der Waals surface area contributed by atoms with Crippen LogP contribution in [0, 0.1) is 11.3 Å². The maximum atomic E-state index is 13.0. The molecule has 2 fully saturated rings. The second-order valence-electron chi connectivity index (χ2n) is 8.79. The van der Waals surface area contributed by atoms with Crippen LogP contribution in [0.5, 0.6) is 0 Å². The molecule has 1 unspecified atom stereocenters. The lowest BCUT2D eigenvalue weighted by Crippen LogP contribution is -2.50. The summed E-state index contributed by atoms with van der Waals surface area (Å²) in [4.78, 5) is 42.9. The van der Waals surface area contributed by atoms with Crippen LogP contribution in [0.15, 0.2) is 18.5 Å². The van der Waals surface area contributed by atoms with E-state index in [2.05, 4.69) is 22.5 Å². The second-order valence-corrected chi connectivity index (χ2v) is 8.79. The molecule has 1 saturated heterocycles. The van der Waals surface area contributed by atoms with Gasteiger partial charge >= 0.3 is 0 Å². The molecule has 3 amide bonds. The fourth-order valence-corrected chi connectivity index (χ4v) is 4.89. The van der Waals surface area contributed by atoms with Crippen molar-refractivity contribution in [1.29, 1.82) is 5.41 Å². The molecule has 1 aromatic heterocycles. The summed E-state index contributed by atoms with van der Waals surface area (Å²) in [5.74, 6) is -0.436. The number of likely N-dealkylation sites (tertiary alicyclic amines) is 1. The number of amides is 3. The molecule has 1 aliphatic heterocycles. The van der Waals surface area contributed by atoms with Gasteiger partial charge in [-0.25, -0.2) is 0 Å². The van der Waals surface area contributed by atoms with E-state index in [4.69, 9.17) is 11.1 Å². The fraction of sp³-hybridized carbons (Fsp3) is 0.609. The molecule has 2 aliphatic rings. The number of anilines is 1. The smallest absolute Gasteiger partial charge is 0.267 e. The molecule has 3 rings (SSSR count). The zero-order chi connectivity index (χ0) is 23.1. The minimum Gasteiger partial charge on any atom is -0.374 e. The average molecular weight is 443 g/mol. The number of rotatable bonds is 9. The number of nitrogens with one attached hydrogen (secondary N) is 3. The number of pyridine rings is 1. The summed E-state index contributed by atoms with van der Waals surface area (Å²) in [6.07, 6.45) is 11.1. The minimum atomic E-state index is -0.856. The molecule has 9 nitrogen and oxygen atoms in total. The molecule has 1 saturated carbocycles. The Kier molecular flexibility index (Phi) is 8.19. The highest BCUT2D eigenvalue weighted by Gasteiger charge is 2.35. The lowest BCUT2D eigenvalue weighted by Gasteiger charge is -2.32. The maximum absolute atomic E-state index is 13.0. The first-order valence-corrected chi connectivity index (χ1v) is 11.6. The summed E-state index contributed by atoms with van der Waals surface area (Å²) in [6, 6.07) is 1.25. The van der Waals surface area contributed by atoms with Gasteiger partial charge in [-0.1, -0.05) is 32.6 Å². The van der Waals surface area contributed by atoms with Crippen molar-refractivity contribution in [3.63, 3.8) is 0 Å². The molecule has 174 valence electrons. The Morgan fingerprint density at radius 3 is 2.81 bits per heavy atom. The van der Waals surface area contributed by atoms with E-state index in [1.807, 2.05) is 0 Å². The highest BCUT2D eigenvalue weighted by molar-refractivity contribution is 6.44. The number of carbonyl (C=O) groups excluding carboxylic acids is 3. The molecule has 1 aliphatic carbocycles. The Morgan fingerprint density at radius 1 is 1.25 bits per heavy atom. The summed E-state index contributed by atoms with van der Waals surface area (Å²) in [5.41, 5.74) is 5.53. The fourth-order valence-electron chi connectivity index (χ4n) is 4.89. The van der Waals surface area contributed by atoms with E-state index >= 15 is 0 Å². The van der Waals surface area contributed by atoms with Gasteiger partial charge < -0.3 is 21.3 Å². The summed E-state index contributed by atoms with van der Waals surface area (Å²) < 4.78 is 0. The third-order valence-electron chi connectivity index (χ3n) is 6.47. The van der Waals surface area contributed by atoms with E-state index in [0.717, 1.165) is 25.7 Å². The third-order valence-corrected chi connectivity index (χ3v) is 6.47. The lowest BCUT2D eigenvalue weighted by atomic mass is 9.83. The van der Waals surface area contributed by atoms with Gasteiger partial charge in [0.2, 0.25) is 11.8 Å². The molecule has 1 aromatic rings. The van der Waals surface area contributed by atoms with Crippen LogP contribution in [0.25, 0.3) is 0 Å². The summed E-state index contributed by atoms with van der Waals surface area (Å²) in [6.45, 7) is 2.68. The quantitative estimate of drug-likeness (QED) is 0.432. The number of hydrogen-bond acceptors (Lipinski definition) is 6. The largest absolute Gasteiger partial charge is 0.374 e. The summed E-state index contributed by atoms with van der Waals surface area (Å²) in [7, 11) is 0. The number of hydrogen-bond donors (Lipinski definition) is 4. The first kappa shape index (κ1) is 23.7. The molecule has 3 atom stereocenters. The normalized spacial score (nSPS) is 22.9. The predicted octanol–water partition coefficient (Wildman–Crippen LogP) is 1.81. The van der Waals surface area contributed by atoms with E-state index in [1.54, 1.807) is 4.90 Å². The van der Waals surface area contributed by atoms with Crippen molar-refractivity contribution in [3.05, 3.63) is 24.0 Å². The maximum Gasteiger partial charge on any atom is 0.267 e. The van der Waals surface area contributed by atoms with Crippen molar-refractivity contribution in [2.45, 2.75) is 70.4 Å². The SMILES string of the molecule is CCC[C@@H]1CCCC(NC(=O)[C@@H]2CCCN2C(=O)CNc2cnccc2C(=N)C(N)=O)C1. The molecular weight excluding hydrogens is 408 g/mol. The minimum absolute atomic E-state index is 0.0590. The van der Waals surface area contributed by atoms with E-state index < -0.39 is 11.9 Å². The van der Waals surface area contributed by atoms with Crippen LogP contribution in [-0.2, 0) is 14.4 Å². The van der Waals surface area contributed by atoms with Crippen molar-refractivity contribution in [2.75, 3.05) is 18.4 Å². The van der Waals surface area contributed by atoms with Gasteiger partial charge in [-0.15, -0.1) is 0 Å². The summed E-state index contributed by atoms with van der Waals surface area (Å²) >= 11 is 0. The van der Waals surface area contributed by atoms with Gasteiger partial charge in [-0.05, 0) is 37.7 Å². The van der Waals surface area contributed by atoms with Crippen LogP contribution in [0.3, 0.4) is 0 Å². The van der Waals surface area contributed by atoms with Crippen LogP contribution >= 0.6 is 0 Å². The molecular formula is C23H34N6O3. The zero-order valence-electron chi connectivity index (χ0n) is 18.7. The van der Waals surface area contributed by atoms with E-state index in [9.17, 15) is 14.4 Å². The van der Waals surface area contributed by atoms with Gasteiger partial charge in [0.15, 0.2) is 0 Å². The van der Waals surface area contributed by atoms with Crippen molar-refractivity contribution in [3.8, 4) is 0 Å². The second kappa shape index (κ2) is 11.1. The number of nitrogens with zero attached hydrogens (tertiary/aromatic N) is 2. The zero-order valence-corrected chi connectivity index (χ0v) is 18.7. The molecule has 0 aromatic carbocycles. The summed E-state index contributed by atoms with van der Waals surface area (Å²) in [5, 5.41) is 14.0. The van der Waals surface area contributed by atoms with E-state index in [1.165, 1.54) is 37.7 Å². The van der Waals surface area contributed by atoms with Gasteiger partial charge in [0.25, 0.3) is 5.91 Å². The third kappa shape index (κ3) is 5.83. The van der Waals surface area contributed by atoms with Gasteiger partial charge in [0.05, 0.1) is 18.4 Å². The molecule has 9 heteroatoms. The van der Waals surface area contributed by atoms with Gasteiger partial charge in [-0.2, -0.15) is 0 Å². The number of carbonyl (C=O) groups is 3. The monoisotopic (exact) mass is 442 g/mol. The molecule has 5 N–H and O–H groups in total. The van der Waals surface area contributed by atoms with E-state index in [-0.39, 0.29) is 35.7 Å². The molecule has 0 bridgehead atoms. The van der Waals surface area contributed by atoms with Crippen LogP contribution in [0.2, 0.25) is 0 Å². The van der Waals surface area contributed by atoms with Crippen LogP contribution < -0.4 is 16.4 Å². The van der Waals surface area contributed by atoms with Crippen LogP contribution in [0.1, 0.15) is 63.9 Å². The average Bonchev–Trinajstić information content (AvgIpc) is 3.28. The highest BCUT2D eigenvalue weighted by Crippen LogP contribution is 2.28. The Hall–Kier alpha value is -2.97. The Balaban J connectivity index is 1.57. The topological polar surface area (TPSA) is 141 Å². The van der Waals surface area contributed by atoms with Crippen molar-refractivity contribution >= 4 is 29.1 Å². The standard InChI is InChI=1S/C23H34N6O3/c1-2-5-15-6-3-7-16(12-15)28-23(32)19-8-4-11-29(19)20(30)14-27-18-13-26-10-9-17(18)21(24)22(25)31/h9-10,13,15-16,19,24,27H,2-8,11-12,14H2,1H3,(H2,25,31)(H,28,32)/t15-,16?,19+/m1/s1. The number of primary amides is 1. The van der Waals surface area contributed by atoms with Crippen molar-refractivity contribution in [2.24, 2.45) is 11.7 Å². The Bertz CT molecular complexity index is 856. The number of aromatic nitrogens is 1. The van der Waals surface area contributed by atoms with Gasteiger partial charge in [0.1, 0.15) is 11.8 Å². The lowest BCUT2D eigenvalue weighted by molar-refractivity contribution is -0.137. The molecule has 2 heterocycles. The number of nitrogens with two attached hydrogens (primary N) is 1. The van der Waals surface area contributed by atoms with Crippen molar-refractivity contribution < 1.29 is 14.4 Å². The molecule has 32 heavy (non-hydrogen) atoms. The predicted molar refractivity (Wildman–Crippen MR) is 122 cm³/mol. The molecule has 0 radical (unpaired) electrons. The molecule has 0 spiro atoms. The Morgan fingerprint density at radius 2 is 2.06 bits per heavy atom. The first-order chi connectivity index (χ1) is 15.4. The first-order valence-electron chi connectivity index (χ1n) is 11.6. The van der Waals surface area contributed by atoms with Crippen LogP contribution in [-0.4, -0.2) is 58.5 Å².